The molecule has 0 bridgehead atoms. The van der Waals surface area contributed by atoms with E-state index in [1.54, 1.807) is 31.6 Å². The van der Waals surface area contributed by atoms with Crippen molar-refractivity contribution in [2.45, 2.75) is 19.9 Å². The van der Waals surface area contributed by atoms with Crippen LogP contribution in [0.4, 0.5) is 0 Å². The Morgan fingerprint density at radius 1 is 1.16 bits per heavy atom. The van der Waals surface area contributed by atoms with E-state index in [-0.39, 0.29) is 12.2 Å². The van der Waals surface area contributed by atoms with Crippen molar-refractivity contribution in [2.75, 3.05) is 13.7 Å². The number of rotatable bonds is 5. The van der Waals surface area contributed by atoms with Gasteiger partial charge in [0.05, 0.1) is 35.6 Å². The lowest BCUT2D eigenvalue weighted by atomic mass is 9.96. The highest BCUT2D eigenvalue weighted by Crippen LogP contribution is 2.30. The van der Waals surface area contributed by atoms with E-state index >= 15 is 0 Å². The van der Waals surface area contributed by atoms with Gasteiger partial charge < -0.3 is 9.47 Å². The molecule has 1 aliphatic rings. The zero-order valence-electron chi connectivity index (χ0n) is 17.5. The second kappa shape index (κ2) is 8.73. The fourth-order valence-electron chi connectivity index (χ4n) is 3.67. The summed E-state index contributed by atoms with van der Waals surface area (Å²) in [5.74, 6) is 0.216. The fourth-order valence-corrected chi connectivity index (χ4v) is 4.71. The first-order valence-electron chi connectivity index (χ1n) is 9.92. The lowest BCUT2D eigenvalue weighted by Crippen LogP contribution is -2.39. The van der Waals surface area contributed by atoms with Crippen molar-refractivity contribution in [3.63, 3.8) is 0 Å². The lowest BCUT2D eigenvalue weighted by Gasteiger charge is -2.24. The number of methoxy groups -OCH3 is 1. The number of aromatic nitrogens is 1. The average Bonchev–Trinajstić information content (AvgIpc) is 3.08. The molecule has 7 heteroatoms. The Morgan fingerprint density at radius 2 is 1.87 bits per heavy atom. The van der Waals surface area contributed by atoms with Crippen LogP contribution < -0.4 is 19.6 Å². The second-order valence-corrected chi connectivity index (χ2v) is 7.96. The predicted molar refractivity (Wildman–Crippen MR) is 120 cm³/mol. The van der Waals surface area contributed by atoms with Gasteiger partial charge in [-0.05, 0) is 31.6 Å². The minimum atomic E-state index is -0.601. The zero-order valence-corrected chi connectivity index (χ0v) is 18.3. The molecule has 0 saturated carbocycles. The van der Waals surface area contributed by atoms with Gasteiger partial charge in [-0.1, -0.05) is 59.9 Å². The van der Waals surface area contributed by atoms with Crippen LogP contribution in [0.15, 0.2) is 75.7 Å². The van der Waals surface area contributed by atoms with Crippen LogP contribution in [-0.2, 0) is 9.53 Å². The Hall–Kier alpha value is -3.45. The van der Waals surface area contributed by atoms with Gasteiger partial charge in [0.2, 0.25) is 0 Å². The molecule has 0 amide bonds. The predicted octanol–water partition coefficient (Wildman–Crippen LogP) is 2.81. The first-order valence-corrected chi connectivity index (χ1v) is 10.7. The Balaban J connectivity index is 1.97. The van der Waals surface area contributed by atoms with E-state index in [9.17, 15) is 9.59 Å². The maximum atomic E-state index is 13.5. The number of benzene rings is 2. The zero-order chi connectivity index (χ0) is 22.0. The van der Waals surface area contributed by atoms with E-state index in [4.69, 9.17) is 9.47 Å². The van der Waals surface area contributed by atoms with E-state index in [1.165, 1.54) is 11.3 Å². The largest absolute Gasteiger partial charge is 0.496 e. The summed E-state index contributed by atoms with van der Waals surface area (Å²) in [6.07, 6.45) is 1.80. The molecule has 1 atom stereocenters. The molecule has 1 aliphatic heterocycles. The van der Waals surface area contributed by atoms with Gasteiger partial charge in [0.1, 0.15) is 5.75 Å². The molecule has 0 radical (unpaired) electrons. The maximum absolute atomic E-state index is 13.5. The van der Waals surface area contributed by atoms with Crippen LogP contribution in [0.3, 0.4) is 0 Å². The summed E-state index contributed by atoms with van der Waals surface area (Å²) in [5, 5.41) is 0. The Labute approximate surface area is 183 Å². The molecule has 0 aliphatic carbocycles. The molecule has 0 fully saturated rings. The number of esters is 1. The monoisotopic (exact) mass is 434 g/mol. The Kier molecular flexibility index (Phi) is 5.86. The highest BCUT2D eigenvalue weighted by Gasteiger charge is 2.33. The third-order valence-electron chi connectivity index (χ3n) is 5.06. The van der Waals surface area contributed by atoms with Gasteiger partial charge in [0.15, 0.2) is 4.80 Å². The highest BCUT2D eigenvalue weighted by molar-refractivity contribution is 7.07. The summed E-state index contributed by atoms with van der Waals surface area (Å²) in [6.45, 7) is 3.78. The van der Waals surface area contributed by atoms with E-state index in [0.29, 0.717) is 26.4 Å². The van der Waals surface area contributed by atoms with Crippen LogP contribution >= 0.6 is 11.3 Å². The molecule has 3 aromatic rings. The number of ether oxygens (including phenoxy) is 2. The molecule has 0 saturated heterocycles. The number of hydrogen-bond acceptors (Lipinski definition) is 6. The molecule has 0 N–H and O–H groups in total. The number of nitrogens with zero attached hydrogens (tertiary/aromatic N) is 2. The molecule has 4 rings (SSSR count). The summed E-state index contributed by atoms with van der Waals surface area (Å²) >= 11 is 1.29. The van der Waals surface area contributed by atoms with Crippen molar-refractivity contribution in [1.82, 2.24) is 4.57 Å². The first-order chi connectivity index (χ1) is 15.0. The van der Waals surface area contributed by atoms with Gasteiger partial charge in [-0.15, -0.1) is 0 Å². The smallest absolute Gasteiger partial charge is 0.338 e. The van der Waals surface area contributed by atoms with Gasteiger partial charge in [-0.3, -0.25) is 9.36 Å². The number of carbonyl (C=O) groups excluding carboxylic acids is 1. The van der Waals surface area contributed by atoms with Gasteiger partial charge in [-0.25, -0.2) is 9.79 Å². The summed E-state index contributed by atoms with van der Waals surface area (Å²) in [4.78, 5) is 31.4. The normalized spacial score (nSPS) is 16.0. The van der Waals surface area contributed by atoms with Crippen molar-refractivity contribution in [3.05, 3.63) is 96.7 Å². The lowest BCUT2D eigenvalue weighted by molar-refractivity contribution is -0.139. The number of hydrogen-bond donors (Lipinski definition) is 0. The highest BCUT2D eigenvalue weighted by atomic mass is 32.1. The third-order valence-corrected chi connectivity index (χ3v) is 6.04. The van der Waals surface area contributed by atoms with E-state index in [0.717, 1.165) is 11.1 Å². The quantitative estimate of drug-likeness (QED) is 0.579. The summed E-state index contributed by atoms with van der Waals surface area (Å²) < 4.78 is 12.8. The van der Waals surface area contributed by atoms with Gasteiger partial charge in [0, 0.05) is 5.56 Å². The Bertz CT molecular complexity index is 1340. The number of fused-ring (bicyclic) bond motifs is 1. The summed E-state index contributed by atoms with van der Waals surface area (Å²) in [6, 6.07) is 16.4. The SMILES string of the molecule is CCOC(=O)C1=C(C)N=c2s/c(=C\c3ccccc3OC)c(=O)n2[C@H]1c1ccccc1. The van der Waals surface area contributed by atoms with Crippen molar-refractivity contribution in [1.29, 1.82) is 0 Å². The van der Waals surface area contributed by atoms with Crippen molar-refractivity contribution < 1.29 is 14.3 Å². The van der Waals surface area contributed by atoms with Crippen molar-refractivity contribution >= 4 is 23.4 Å². The first kappa shape index (κ1) is 20.8. The van der Waals surface area contributed by atoms with Gasteiger partial charge in [0.25, 0.3) is 5.56 Å². The molecular formula is C24H22N2O4S. The number of thiazole rings is 1. The van der Waals surface area contributed by atoms with Crippen LogP contribution in [0.2, 0.25) is 0 Å². The topological polar surface area (TPSA) is 69.9 Å². The molecular weight excluding hydrogens is 412 g/mol. The number of allylic oxidation sites excluding steroid dienone is 1. The number of carbonyl (C=O) groups is 1. The fraction of sp³-hybridized carbons (Fsp3) is 0.208. The van der Waals surface area contributed by atoms with Crippen LogP contribution in [0.25, 0.3) is 6.08 Å². The number of para-hydroxylation sites is 1. The van der Waals surface area contributed by atoms with E-state index in [2.05, 4.69) is 4.99 Å². The third kappa shape index (κ3) is 3.84. The van der Waals surface area contributed by atoms with Crippen LogP contribution in [0.1, 0.15) is 31.0 Å². The van der Waals surface area contributed by atoms with Crippen LogP contribution in [0.5, 0.6) is 5.75 Å². The van der Waals surface area contributed by atoms with Crippen LogP contribution in [-0.4, -0.2) is 24.3 Å². The molecule has 1 aromatic heterocycles. The van der Waals surface area contributed by atoms with Crippen molar-refractivity contribution in [2.24, 2.45) is 4.99 Å². The molecule has 0 unspecified atom stereocenters. The van der Waals surface area contributed by atoms with Gasteiger partial charge in [-0.2, -0.15) is 0 Å². The Morgan fingerprint density at radius 3 is 2.58 bits per heavy atom. The summed E-state index contributed by atoms with van der Waals surface area (Å²) in [7, 11) is 1.60. The molecule has 6 nitrogen and oxygen atoms in total. The van der Waals surface area contributed by atoms with E-state index < -0.39 is 12.0 Å². The average molecular weight is 435 g/mol. The van der Waals surface area contributed by atoms with Crippen molar-refractivity contribution in [3.8, 4) is 5.75 Å². The second-order valence-electron chi connectivity index (χ2n) is 6.95. The molecule has 2 heterocycles. The molecule has 0 spiro atoms. The minimum absolute atomic E-state index is 0.210. The van der Waals surface area contributed by atoms with E-state index in [1.807, 2.05) is 54.6 Å². The molecule has 2 aromatic carbocycles. The molecule has 31 heavy (non-hydrogen) atoms. The summed E-state index contributed by atoms with van der Waals surface area (Å²) in [5.41, 5.74) is 2.34. The minimum Gasteiger partial charge on any atom is -0.496 e. The standard InChI is InChI=1S/C24H22N2O4S/c1-4-30-23(28)20-15(2)25-24-26(21(20)16-10-6-5-7-11-16)22(27)19(31-24)14-17-12-8-9-13-18(17)29-3/h5-14,21H,4H2,1-3H3/b19-14-/t21-/m0/s1. The molecule has 158 valence electrons. The van der Waals surface area contributed by atoms with Gasteiger partial charge >= 0.3 is 5.97 Å². The van der Waals surface area contributed by atoms with Crippen LogP contribution in [0, 0.1) is 0 Å². The maximum Gasteiger partial charge on any atom is 0.338 e.